The van der Waals surface area contributed by atoms with Gasteiger partial charge < -0.3 is 15.8 Å². The molecular formula is C15H26N4O. The Morgan fingerprint density at radius 3 is 3.10 bits per heavy atom. The van der Waals surface area contributed by atoms with Crippen LogP contribution in [0.5, 0.6) is 0 Å². The molecule has 0 amide bonds. The number of nitrogens with two attached hydrogens (primary N) is 1. The minimum atomic E-state index is 0.211. The Labute approximate surface area is 121 Å². The summed E-state index contributed by atoms with van der Waals surface area (Å²) in [7, 11) is 0. The van der Waals surface area contributed by atoms with Crippen molar-refractivity contribution in [2.24, 2.45) is 0 Å². The Kier molecular flexibility index (Phi) is 5.76. The van der Waals surface area contributed by atoms with Crippen LogP contribution >= 0.6 is 0 Å². The van der Waals surface area contributed by atoms with Crippen LogP contribution in [0, 0.1) is 0 Å². The van der Waals surface area contributed by atoms with Gasteiger partial charge in [-0.05, 0) is 31.1 Å². The largest absolute Gasteiger partial charge is 0.383 e. The molecule has 20 heavy (non-hydrogen) atoms. The summed E-state index contributed by atoms with van der Waals surface area (Å²) >= 11 is 0. The van der Waals surface area contributed by atoms with E-state index in [1.54, 1.807) is 6.20 Å². The van der Waals surface area contributed by atoms with Gasteiger partial charge in [-0.3, -0.25) is 4.90 Å². The molecule has 1 aliphatic heterocycles. The molecule has 5 heteroatoms. The third-order valence-corrected chi connectivity index (χ3v) is 3.91. The summed E-state index contributed by atoms with van der Waals surface area (Å²) < 4.78 is 5.97. The molecule has 1 aliphatic rings. The highest BCUT2D eigenvalue weighted by Crippen LogP contribution is 2.16. The summed E-state index contributed by atoms with van der Waals surface area (Å²) in [6, 6.07) is 4.27. The van der Waals surface area contributed by atoms with Crippen LogP contribution in [0.15, 0.2) is 18.3 Å². The van der Waals surface area contributed by atoms with E-state index in [1.807, 2.05) is 12.1 Å². The highest BCUT2D eigenvalue weighted by Gasteiger charge is 2.27. The van der Waals surface area contributed by atoms with Gasteiger partial charge in [0.05, 0.1) is 12.7 Å². The number of nitrogens with zero attached hydrogens (tertiary/aromatic N) is 2. The van der Waals surface area contributed by atoms with E-state index in [2.05, 4.69) is 29.0 Å². The maximum absolute atomic E-state index is 5.97. The molecular weight excluding hydrogens is 252 g/mol. The third kappa shape index (κ3) is 3.91. The average Bonchev–Trinajstić information content (AvgIpc) is 2.49. The lowest BCUT2D eigenvalue weighted by molar-refractivity contribution is -0.0444. The summed E-state index contributed by atoms with van der Waals surface area (Å²) in [4.78, 5) is 6.60. The van der Waals surface area contributed by atoms with Crippen LogP contribution in [0.1, 0.15) is 19.4 Å². The predicted molar refractivity (Wildman–Crippen MR) is 81.7 cm³/mol. The Bertz CT molecular complexity index is 413. The van der Waals surface area contributed by atoms with Crippen LogP contribution in [-0.4, -0.2) is 54.8 Å². The molecule has 2 rings (SSSR count). The van der Waals surface area contributed by atoms with Gasteiger partial charge in [0.1, 0.15) is 5.82 Å². The maximum atomic E-state index is 5.97. The van der Waals surface area contributed by atoms with E-state index >= 15 is 0 Å². The van der Waals surface area contributed by atoms with Gasteiger partial charge in [-0.2, -0.15) is 0 Å². The number of rotatable bonds is 6. The lowest BCUT2D eigenvalue weighted by Gasteiger charge is -2.37. The van der Waals surface area contributed by atoms with E-state index in [0.29, 0.717) is 5.82 Å². The van der Waals surface area contributed by atoms with Crippen molar-refractivity contribution in [3.05, 3.63) is 23.9 Å². The molecule has 1 aromatic heterocycles. The second kappa shape index (κ2) is 7.57. The van der Waals surface area contributed by atoms with Crippen molar-refractivity contribution in [1.29, 1.82) is 0 Å². The molecule has 0 aliphatic carbocycles. The highest BCUT2D eigenvalue weighted by molar-refractivity contribution is 5.39. The van der Waals surface area contributed by atoms with Gasteiger partial charge in [0.25, 0.3) is 0 Å². The number of aromatic nitrogens is 1. The number of hydrogen-bond donors (Lipinski definition) is 2. The summed E-state index contributed by atoms with van der Waals surface area (Å²) in [6.45, 7) is 9.15. The van der Waals surface area contributed by atoms with Crippen molar-refractivity contribution in [3.63, 3.8) is 0 Å². The molecule has 0 aromatic carbocycles. The number of likely N-dealkylation sites (N-methyl/N-ethyl adjacent to an activating group) is 2. The topological polar surface area (TPSA) is 63.4 Å². The molecule has 0 radical (unpaired) electrons. The van der Waals surface area contributed by atoms with E-state index in [1.165, 1.54) is 0 Å². The van der Waals surface area contributed by atoms with Crippen LogP contribution in [0.4, 0.5) is 5.82 Å². The van der Waals surface area contributed by atoms with Gasteiger partial charge in [0.15, 0.2) is 0 Å². The summed E-state index contributed by atoms with van der Waals surface area (Å²) in [5.41, 5.74) is 7.05. The molecule has 1 aromatic rings. The lowest BCUT2D eigenvalue weighted by Crippen LogP contribution is -2.53. The molecule has 1 saturated heterocycles. The summed E-state index contributed by atoms with van der Waals surface area (Å²) in [5, 5.41) is 3.54. The number of anilines is 1. The summed E-state index contributed by atoms with van der Waals surface area (Å²) in [6.07, 6.45) is 2.80. The SMILES string of the molecule is CCNC(Cc1cccnc1N)C1CN(CC)CCO1. The van der Waals surface area contributed by atoms with Crippen molar-refractivity contribution >= 4 is 5.82 Å². The molecule has 0 saturated carbocycles. The molecule has 0 spiro atoms. The van der Waals surface area contributed by atoms with E-state index in [4.69, 9.17) is 10.5 Å². The van der Waals surface area contributed by atoms with Gasteiger partial charge in [0.2, 0.25) is 0 Å². The number of nitrogen functional groups attached to an aromatic ring is 1. The minimum absolute atomic E-state index is 0.211. The van der Waals surface area contributed by atoms with Crippen molar-refractivity contribution in [2.45, 2.75) is 32.4 Å². The maximum Gasteiger partial charge on any atom is 0.126 e. The Hall–Kier alpha value is -1.17. The first-order valence-electron chi connectivity index (χ1n) is 7.51. The second-order valence-corrected chi connectivity index (χ2v) is 5.22. The fourth-order valence-electron chi connectivity index (χ4n) is 2.72. The Morgan fingerprint density at radius 2 is 2.40 bits per heavy atom. The Balaban J connectivity index is 2.04. The van der Waals surface area contributed by atoms with E-state index in [-0.39, 0.29) is 12.1 Å². The van der Waals surface area contributed by atoms with Crippen LogP contribution in [-0.2, 0) is 11.2 Å². The number of hydrogen-bond acceptors (Lipinski definition) is 5. The highest BCUT2D eigenvalue weighted by atomic mass is 16.5. The van der Waals surface area contributed by atoms with Gasteiger partial charge in [0, 0.05) is 25.3 Å². The standard InChI is InChI=1S/C15H26N4O/c1-3-17-13(10-12-6-5-7-18-15(12)16)14-11-19(4-2)8-9-20-14/h5-7,13-14,17H,3-4,8-11H2,1-2H3,(H2,16,18). The Morgan fingerprint density at radius 1 is 1.55 bits per heavy atom. The molecule has 2 heterocycles. The van der Waals surface area contributed by atoms with Crippen LogP contribution in [0.25, 0.3) is 0 Å². The first-order valence-corrected chi connectivity index (χ1v) is 7.51. The molecule has 2 atom stereocenters. The minimum Gasteiger partial charge on any atom is -0.383 e. The molecule has 0 bridgehead atoms. The zero-order chi connectivity index (χ0) is 14.4. The first-order chi connectivity index (χ1) is 9.74. The van der Waals surface area contributed by atoms with Crippen molar-refractivity contribution < 1.29 is 4.74 Å². The van der Waals surface area contributed by atoms with Crippen molar-refractivity contribution in [2.75, 3.05) is 38.5 Å². The van der Waals surface area contributed by atoms with E-state index in [9.17, 15) is 0 Å². The van der Waals surface area contributed by atoms with E-state index < -0.39 is 0 Å². The lowest BCUT2D eigenvalue weighted by atomic mass is 10.00. The number of nitrogens with one attached hydrogen (secondary N) is 1. The van der Waals surface area contributed by atoms with Crippen LogP contribution in [0.3, 0.4) is 0 Å². The molecule has 3 N–H and O–H groups in total. The zero-order valence-corrected chi connectivity index (χ0v) is 12.5. The van der Waals surface area contributed by atoms with Gasteiger partial charge >= 0.3 is 0 Å². The fraction of sp³-hybridized carbons (Fsp3) is 0.667. The van der Waals surface area contributed by atoms with Gasteiger partial charge in [-0.15, -0.1) is 0 Å². The van der Waals surface area contributed by atoms with Crippen molar-refractivity contribution in [1.82, 2.24) is 15.2 Å². The monoisotopic (exact) mass is 278 g/mol. The van der Waals surface area contributed by atoms with Crippen molar-refractivity contribution in [3.8, 4) is 0 Å². The normalized spacial score (nSPS) is 21.8. The smallest absolute Gasteiger partial charge is 0.126 e. The number of ether oxygens (including phenoxy) is 1. The number of pyridine rings is 1. The molecule has 2 unspecified atom stereocenters. The first kappa shape index (κ1) is 15.2. The predicted octanol–water partition coefficient (Wildman–Crippen LogP) is 0.905. The van der Waals surface area contributed by atoms with Crippen LogP contribution < -0.4 is 11.1 Å². The number of morpholine rings is 1. The molecule has 5 nitrogen and oxygen atoms in total. The van der Waals surface area contributed by atoms with E-state index in [0.717, 1.165) is 44.8 Å². The summed E-state index contributed by atoms with van der Waals surface area (Å²) in [5.74, 6) is 0.624. The average molecular weight is 278 g/mol. The van der Waals surface area contributed by atoms with Crippen LogP contribution in [0.2, 0.25) is 0 Å². The quantitative estimate of drug-likeness (QED) is 0.809. The van der Waals surface area contributed by atoms with Gasteiger partial charge in [-0.1, -0.05) is 19.9 Å². The van der Waals surface area contributed by atoms with Gasteiger partial charge in [-0.25, -0.2) is 4.98 Å². The third-order valence-electron chi connectivity index (χ3n) is 3.91. The molecule has 1 fully saturated rings. The zero-order valence-electron chi connectivity index (χ0n) is 12.5. The second-order valence-electron chi connectivity index (χ2n) is 5.22. The molecule has 112 valence electrons. The fourth-order valence-corrected chi connectivity index (χ4v) is 2.72.